The molecule has 4 N–H and O–H groups in total. The fourth-order valence-electron chi connectivity index (χ4n) is 5.16. The summed E-state index contributed by atoms with van der Waals surface area (Å²) in [5, 5.41) is 6.78. The predicted molar refractivity (Wildman–Crippen MR) is 148 cm³/mol. The van der Waals surface area contributed by atoms with E-state index >= 15 is 0 Å². The van der Waals surface area contributed by atoms with Gasteiger partial charge in [-0.15, -0.1) is 0 Å². The number of Topliss-reactive ketones (excluding diaryl/α,β-unsaturated/α-hetero) is 1. The summed E-state index contributed by atoms with van der Waals surface area (Å²) in [6, 6.07) is 15.2. The molecular formula is C30H36N4O5. The van der Waals surface area contributed by atoms with Gasteiger partial charge in [0.1, 0.15) is 11.7 Å². The molecule has 0 radical (unpaired) electrons. The van der Waals surface area contributed by atoms with Crippen LogP contribution in [0.3, 0.4) is 0 Å². The number of fused-ring (bicyclic) bond motifs is 1. The first kappa shape index (κ1) is 28.0. The maximum atomic E-state index is 13.3. The van der Waals surface area contributed by atoms with Crippen LogP contribution in [-0.2, 0) is 21.4 Å². The molecule has 2 amide bonds. The van der Waals surface area contributed by atoms with Gasteiger partial charge in [-0.25, -0.2) is 0 Å². The summed E-state index contributed by atoms with van der Waals surface area (Å²) in [4.78, 5) is 51.7. The third-order valence-electron chi connectivity index (χ3n) is 7.34. The van der Waals surface area contributed by atoms with Gasteiger partial charge in [0.15, 0.2) is 12.4 Å². The number of hydrogen-bond donors (Lipinski definition) is 3. The highest BCUT2D eigenvalue weighted by Gasteiger charge is 2.37. The summed E-state index contributed by atoms with van der Waals surface area (Å²) in [5.74, 6) is -2.06. The molecule has 3 aromatic rings. The van der Waals surface area contributed by atoms with Crippen molar-refractivity contribution in [2.75, 3.05) is 13.2 Å². The van der Waals surface area contributed by atoms with Gasteiger partial charge < -0.3 is 25.7 Å². The molecule has 4 rings (SSSR count). The number of nitrogens with two attached hydrogens (primary N) is 1. The van der Waals surface area contributed by atoms with Crippen molar-refractivity contribution < 1.29 is 23.9 Å². The topological polar surface area (TPSA) is 133 Å². The average molecular weight is 533 g/mol. The number of nitrogens with zero attached hydrogens (tertiary/aromatic N) is 1. The van der Waals surface area contributed by atoms with E-state index in [0.717, 1.165) is 22.9 Å². The molecule has 0 saturated heterocycles. The van der Waals surface area contributed by atoms with Crippen molar-refractivity contribution in [1.29, 1.82) is 0 Å². The predicted octanol–water partition coefficient (Wildman–Crippen LogP) is 3.04. The van der Waals surface area contributed by atoms with Crippen molar-refractivity contribution >= 4 is 34.5 Å². The van der Waals surface area contributed by atoms with Crippen LogP contribution in [0.15, 0.2) is 54.6 Å². The van der Waals surface area contributed by atoms with Crippen LogP contribution < -0.4 is 16.4 Å². The lowest BCUT2D eigenvalue weighted by Crippen LogP contribution is -2.51. The molecule has 1 aromatic heterocycles. The summed E-state index contributed by atoms with van der Waals surface area (Å²) in [7, 11) is 1.82. The smallest absolute Gasteiger partial charge is 0.311 e. The second-order valence-corrected chi connectivity index (χ2v) is 10.2. The first-order valence-electron chi connectivity index (χ1n) is 13.4. The van der Waals surface area contributed by atoms with Gasteiger partial charge in [-0.3, -0.25) is 19.2 Å². The first-order chi connectivity index (χ1) is 18.8. The van der Waals surface area contributed by atoms with E-state index in [1.165, 1.54) is 0 Å². The first-order valence-corrected chi connectivity index (χ1v) is 13.4. The van der Waals surface area contributed by atoms with E-state index in [1.807, 2.05) is 42.8 Å². The Bertz CT molecular complexity index is 1350. The lowest BCUT2D eigenvalue weighted by molar-refractivity contribution is -0.148. The SMILES string of the molecule is Cc1ccc2c(c1)cc(C(=O)N[C@@H](CCCN)C(=O)N[C@H]1CCC[C@H]1C(=O)OCC(=O)c1ccccc1)n2C. The maximum absolute atomic E-state index is 13.3. The Hall–Kier alpha value is -3.98. The summed E-state index contributed by atoms with van der Waals surface area (Å²) in [6.45, 7) is 2.02. The van der Waals surface area contributed by atoms with Crippen LogP contribution in [0.2, 0.25) is 0 Å². The zero-order valence-electron chi connectivity index (χ0n) is 22.4. The molecule has 0 bridgehead atoms. The van der Waals surface area contributed by atoms with Crippen molar-refractivity contribution in [3.05, 3.63) is 71.4 Å². The second-order valence-electron chi connectivity index (χ2n) is 10.2. The van der Waals surface area contributed by atoms with E-state index in [-0.39, 0.29) is 24.2 Å². The standard InChI is InChI=1S/C30H36N4O5/c1-19-13-14-25-21(16-19)17-26(34(25)2)29(37)33-24(12-7-15-31)28(36)32-23-11-6-10-22(23)30(38)39-18-27(35)20-8-4-3-5-9-20/h3-5,8-9,13-14,16-17,22-24H,6-7,10-12,15,18,31H2,1-2H3,(H,32,36)(H,33,37)/t22-,23+,24+/m1/s1. The molecule has 2 aromatic carbocycles. The number of ketones is 1. The number of carbonyl (C=O) groups excluding carboxylic acids is 4. The van der Waals surface area contributed by atoms with Crippen molar-refractivity contribution in [2.24, 2.45) is 18.7 Å². The molecule has 9 nitrogen and oxygen atoms in total. The van der Waals surface area contributed by atoms with Gasteiger partial charge in [-0.2, -0.15) is 0 Å². The Morgan fingerprint density at radius 2 is 1.85 bits per heavy atom. The quantitative estimate of drug-likeness (QED) is 0.257. The molecule has 1 aliphatic carbocycles. The third kappa shape index (κ3) is 6.72. The van der Waals surface area contributed by atoms with Crippen LogP contribution in [0, 0.1) is 12.8 Å². The Kier molecular flexibility index (Phi) is 9.14. The van der Waals surface area contributed by atoms with E-state index in [2.05, 4.69) is 10.6 Å². The lowest BCUT2D eigenvalue weighted by atomic mass is 10.0. The van der Waals surface area contributed by atoms with Crippen LogP contribution in [0.5, 0.6) is 0 Å². The number of benzene rings is 2. The van der Waals surface area contributed by atoms with Crippen LogP contribution >= 0.6 is 0 Å². The van der Waals surface area contributed by atoms with E-state index in [1.54, 1.807) is 30.3 Å². The van der Waals surface area contributed by atoms with Gasteiger partial charge in [-0.05, 0) is 57.4 Å². The molecule has 0 unspecified atom stereocenters. The highest BCUT2D eigenvalue weighted by atomic mass is 16.5. The zero-order valence-corrected chi connectivity index (χ0v) is 22.4. The molecule has 3 atom stereocenters. The minimum Gasteiger partial charge on any atom is -0.457 e. The molecule has 9 heteroatoms. The lowest BCUT2D eigenvalue weighted by Gasteiger charge is -2.24. The molecule has 1 aliphatic rings. The Balaban J connectivity index is 1.39. The summed E-state index contributed by atoms with van der Waals surface area (Å²) in [6.07, 6.45) is 2.82. The highest BCUT2D eigenvalue weighted by Crippen LogP contribution is 2.27. The van der Waals surface area contributed by atoms with Crippen LogP contribution in [0.1, 0.15) is 58.5 Å². The van der Waals surface area contributed by atoms with Gasteiger partial charge in [0, 0.05) is 29.6 Å². The molecule has 1 saturated carbocycles. The molecule has 206 valence electrons. The number of nitrogens with one attached hydrogen (secondary N) is 2. The number of esters is 1. The fourth-order valence-corrected chi connectivity index (χ4v) is 5.16. The normalized spacial score (nSPS) is 17.5. The molecule has 0 spiro atoms. The number of aromatic nitrogens is 1. The molecule has 1 fully saturated rings. The summed E-state index contributed by atoms with van der Waals surface area (Å²) >= 11 is 0. The summed E-state index contributed by atoms with van der Waals surface area (Å²) in [5.41, 5.74) is 8.63. The number of carbonyl (C=O) groups is 4. The van der Waals surface area contributed by atoms with Crippen LogP contribution in [0.4, 0.5) is 0 Å². The van der Waals surface area contributed by atoms with Gasteiger partial charge in [0.2, 0.25) is 5.91 Å². The Labute approximate surface area is 228 Å². The Morgan fingerprint density at radius 1 is 1.08 bits per heavy atom. The third-order valence-corrected chi connectivity index (χ3v) is 7.34. The monoisotopic (exact) mass is 532 g/mol. The number of ether oxygens (including phenoxy) is 1. The van der Waals surface area contributed by atoms with E-state index in [0.29, 0.717) is 43.5 Å². The van der Waals surface area contributed by atoms with E-state index in [4.69, 9.17) is 10.5 Å². The van der Waals surface area contributed by atoms with Gasteiger partial charge in [0.05, 0.1) is 5.92 Å². The Morgan fingerprint density at radius 3 is 2.59 bits per heavy atom. The number of hydrogen-bond acceptors (Lipinski definition) is 6. The van der Waals surface area contributed by atoms with E-state index in [9.17, 15) is 19.2 Å². The van der Waals surface area contributed by atoms with Crippen molar-refractivity contribution in [1.82, 2.24) is 15.2 Å². The fraction of sp³-hybridized carbons (Fsp3) is 0.400. The van der Waals surface area contributed by atoms with Crippen LogP contribution in [0.25, 0.3) is 10.9 Å². The van der Waals surface area contributed by atoms with Crippen molar-refractivity contribution in [3.63, 3.8) is 0 Å². The minimum atomic E-state index is -0.808. The summed E-state index contributed by atoms with van der Waals surface area (Å²) < 4.78 is 7.13. The molecule has 1 heterocycles. The van der Waals surface area contributed by atoms with Gasteiger partial charge in [0.25, 0.3) is 5.91 Å². The van der Waals surface area contributed by atoms with Crippen LogP contribution in [-0.4, -0.2) is 53.4 Å². The number of rotatable bonds is 11. The molecular weight excluding hydrogens is 496 g/mol. The van der Waals surface area contributed by atoms with Gasteiger partial charge >= 0.3 is 5.97 Å². The van der Waals surface area contributed by atoms with Crippen molar-refractivity contribution in [2.45, 2.75) is 51.1 Å². The van der Waals surface area contributed by atoms with E-state index < -0.39 is 24.0 Å². The molecule has 0 aliphatic heterocycles. The minimum absolute atomic E-state index is 0.282. The molecule has 39 heavy (non-hydrogen) atoms. The zero-order chi connectivity index (χ0) is 27.9. The van der Waals surface area contributed by atoms with Crippen molar-refractivity contribution in [3.8, 4) is 0 Å². The second kappa shape index (κ2) is 12.7. The highest BCUT2D eigenvalue weighted by molar-refractivity contribution is 6.01. The number of aryl methyl sites for hydroxylation is 2. The average Bonchev–Trinajstić information content (AvgIpc) is 3.53. The maximum Gasteiger partial charge on any atom is 0.311 e. The number of amides is 2. The largest absolute Gasteiger partial charge is 0.457 e. The van der Waals surface area contributed by atoms with Gasteiger partial charge in [-0.1, -0.05) is 48.4 Å².